The van der Waals surface area contributed by atoms with E-state index in [0.29, 0.717) is 16.9 Å². The summed E-state index contributed by atoms with van der Waals surface area (Å²) in [6, 6.07) is 19.3. The van der Waals surface area contributed by atoms with Crippen molar-refractivity contribution >= 4 is 46.2 Å². The molecule has 2 amide bonds. The van der Waals surface area contributed by atoms with Crippen molar-refractivity contribution in [3.8, 4) is 0 Å². The number of nitrogens with one attached hydrogen (secondary N) is 3. The predicted molar refractivity (Wildman–Crippen MR) is 122 cm³/mol. The largest absolute Gasteiger partial charge is 0.332 e. The van der Waals surface area contributed by atoms with Gasteiger partial charge >= 0.3 is 0 Å². The van der Waals surface area contributed by atoms with Gasteiger partial charge in [-0.25, -0.2) is 0 Å². The molecule has 0 spiro atoms. The third-order valence-corrected chi connectivity index (χ3v) is 4.43. The van der Waals surface area contributed by atoms with Crippen molar-refractivity contribution in [3.05, 3.63) is 99.6 Å². The average molecular weight is 434 g/mol. The minimum atomic E-state index is -0.546. The highest BCUT2D eigenvalue weighted by molar-refractivity contribution is 7.80. The van der Waals surface area contributed by atoms with E-state index in [4.69, 9.17) is 12.2 Å². The first kappa shape index (κ1) is 21.6. The fourth-order valence-corrected chi connectivity index (χ4v) is 2.95. The van der Waals surface area contributed by atoms with E-state index in [-0.39, 0.29) is 22.3 Å². The molecule has 0 aliphatic heterocycles. The Balaban J connectivity index is 1.62. The van der Waals surface area contributed by atoms with Crippen LogP contribution in [0.2, 0.25) is 0 Å². The molecule has 0 radical (unpaired) electrons. The van der Waals surface area contributed by atoms with Gasteiger partial charge in [0, 0.05) is 34.6 Å². The minimum Gasteiger partial charge on any atom is -0.332 e. The maximum absolute atomic E-state index is 12.5. The van der Waals surface area contributed by atoms with Crippen LogP contribution in [-0.4, -0.2) is 21.9 Å². The van der Waals surface area contributed by atoms with Crippen LogP contribution in [0.5, 0.6) is 0 Å². The third-order valence-electron chi connectivity index (χ3n) is 4.23. The molecule has 0 heterocycles. The molecule has 0 aliphatic carbocycles. The normalized spacial score (nSPS) is 10.1. The Morgan fingerprint density at radius 3 is 2.13 bits per heavy atom. The Bertz CT molecular complexity index is 1160. The van der Waals surface area contributed by atoms with E-state index < -0.39 is 10.8 Å². The maximum atomic E-state index is 12.5. The molecule has 3 N–H and O–H groups in total. The molecule has 31 heavy (non-hydrogen) atoms. The summed E-state index contributed by atoms with van der Waals surface area (Å²) in [4.78, 5) is 34.9. The van der Waals surface area contributed by atoms with Crippen LogP contribution in [0, 0.1) is 17.0 Å². The molecule has 0 aromatic heterocycles. The number of nitrogens with zero attached hydrogens (tertiary/aromatic N) is 1. The number of non-ortho nitro benzene ring substituents is 1. The molecule has 0 aliphatic rings. The summed E-state index contributed by atoms with van der Waals surface area (Å²) in [5.41, 5.74) is 2.76. The minimum absolute atomic E-state index is 0.0274. The summed E-state index contributed by atoms with van der Waals surface area (Å²) < 4.78 is 0. The van der Waals surface area contributed by atoms with Gasteiger partial charge in [-0.15, -0.1) is 0 Å². The van der Waals surface area contributed by atoms with Gasteiger partial charge in [-0.05, 0) is 67.2 Å². The van der Waals surface area contributed by atoms with Crippen molar-refractivity contribution in [2.75, 3.05) is 10.6 Å². The van der Waals surface area contributed by atoms with Crippen LogP contribution >= 0.6 is 12.2 Å². The van der Waals surface area contributed by atoms with Crippen LogP contribution in [0.4, 0.5) is 17.1 Å². The van der Waals surface area contributed by atoms with Gasteiger partial charge in [-0.3, -0.25) is 25.0 Å². The molecular formula is C22H18N4O4S. The number of nitro benzene ring substituents is 1. The van der Waals surface area contributed by atoms with Crippen molar-refractivity contribution < 1.29 is 14.5 Å². The molecule has 3 rings (SSSR count). The van der Waals surface area contributed by atoms with E-state index in [0.717, 1.165) is 5.56 Å². The zero-order chi connectivity index (χ0) is 22.4. The van der Waals surface area contributed by atoms with Crippen LogP contribution < -0.4 is 16.0 Å². The zero-order valence-corrected chi connectivity index (χ0v) is 17.2. The standard InChI is InChI=1S/C22H18N4O4S/c1-14-4-2-6-17(12-14)23-21(28)16-5-3-7-18(13-16)24-22(31)25-20(27)15-8-10-19(11-9-15)26(29)30/h2-13H,1H3,(H,23,28)(H2,24,25,27,31). The number of hydrogen-bond donors (Lipinski definition) is 3. The first-order valence-corrected chi connectivity index (χ1v) is 9.57. The first-order valence-electron chi connectivity index (χ1n) is 9.17. The number of aryl methyl sites for hydroxylation is 1. The summed E-state index contributed by atoms with van der Waals surface area (Å²) in [5, 5.41) is 18.9. The highest BCUT2D eigenvalue weighted by Gasteiger charge is 2.12. The van der Waals surface area contributed by atoms with Crippen LogP contribution in [-0.2, 0) is 0 Å². The highest BCUT2D eigenvalue weighted by atomic mass is 32.1. The van der Waals surface area contributed by atoms with Crippen LogP contribution in [0.3, 0.4) is 0 Å². The number of carbonyl (C=O) groups is 2. The number of hydrogen-bond acceptors (Lipinski definition) is 5. The van der Waals surface area contributed by atoms with Gasteiger partial charge in [0.2, 0.25) is 0 Å². The van der Waals surface area contributed by atoms with Gasteiger partial charge in [-0.2, -0.15) is 0 Å². The number of carbonyl (C=O) groups excluding carboxylic acids is 2. The summed E-state index contributed by atoms with van der Waals surface area (Å²) in [6.45, 7) is 1.94. The molecule has 0 saturated heterocycles. The second kappa shape index (κ2) is 9.59. The lowest BCUT2D eigenvalue weighted by atomic mass is 10.1. The Morgan fingerprint density at radius 1 is 0.839 bits per heavy atom. The number of nitro groups is 1. The van der Waals surface area contributed by atoms with Gasteiger partial charge < -0.3 is 10.6 Å². The van der Waals surface area contributed by atoms with E-state index >= 15 is 0 Å². The van der Waals surface area contributed by atoms with Gasteiger partial charge in [0.25, 0.3) is 17.5 Å². The number of benzene rings is 3. The molecule has 0 bridgehead atoms. The van der Waals surface area contributed by atoms with E-state index in [1.54, 1.807) is 30.3 Å². The molecule has 0 fully saturated rings. The third kappa shape index (κ3) is 5.94. The smallest absolute Gasteiger partial charge is 0.269 e. The fourth-order valence-electron chi connectivity index (χ4n) is 2.74. The summed E-state index contributed by atoms with van der Waals surface area (Å²) in [6.07, 6.45) is 0. The lowest BCUT2D eigenvalue weighted by Gasteiger charge is -2.11. The maximum Gasteiger partial charge on any atom is 0.269 e. The van der Waals surface area contributed by atoms with E-state index in [1.165, 1.54) is 24.3 Å². The number of anilines is 2. The molecule has 0 saturated carbocycles. The number of thiocarbonyl (C=S) groups is 1. The molecule has 3 aromatic carbocycles. The fraction of sp³-hybridized carbons (Fsp3) is 0.0455. The Hall–Kier alpha value is -4.11. The van der Waals surface area contributed by atoms with Gasteiger partial charge in [0.05, 0.1) is 4.92 Å². The molecule has 156 valence electrons. The van der Waals surface area contributed by atoms with Gasteiger partial charge in [-0.1, -0.05) is 18.2 Å². The molecule has 8 nitrogen and oxygen atoms in total. The first-order chi connectivity index (χ1) is 14.8. The van der Waals surface area contributed by atoms with Crippen LogP contribution in [0.15, 0.2) is 72.8 Å². The summed E-state index contributed by atoms with van der Waals surface area (Å²) >= 11 is 5.16. The topological polar surface area (TPSA) is 113 Å². The van der Waals surface area contributed by atoms with Crippen molar-refractivity contribution in [1.82, 2.24) is 5.32 Å². The molecule has 0 unspecified atom stereocenters. The van der Waals surface area contributed by atoms with Crippen molar-refractivity contribution in [2.45, 2.75) is 6.92 Å². The Morgan fingerprint density at radius 2 is 1.48 bits per heavy atom. The lowest BCUT2D eigenvalue weighted by molar-refractivity contribution is -0.384. The van der Waals surface area contributed by atoms with E-state index in [2.05, 4.69) is 16.0 Å². The Labute approximate surface area is 183 Å². The van der Waals surface area contributed by atoms with Gasteiger partial charge in [0.15, 0.2) is 5.11 Å². The van der Waals surface area contributed by atoms with Crippen molar-refractivity contribution in [3.63, 3.8) is 0 Å². The molecule has 0 atom stereocenters. The number of amides is 2. The second-order valence-electron chi connectivity index (χ2n) is 6.62. The summed E-state index contributed by atoms with van der Waals surface area (Å²) in [7, 11) is 0. The Kier molecular flexibility index (Phi) is 6.68. The summed E-state index contributed by atoms with van der Waals surface area (Å²) in [5.74, 6) is -0.796. The van der Waals surface area contributed by atoms with Crippen molar-refractivity contribution in [1.29, 1.82) is 0 Å². The number of rotatable bonds is 5. The molecule has 9 heteroatoms. The predicted octanol–water partition coefficient (Wildman–Crippen LogP) is 4.28. The molecule has 3 aromatic rings. The quantitative estimate of drug-likeness (QED) is 0.314. The monoisotopic (exact) mass is 434 g/mol. The van der Waals surface area contributed by atoms with Crippen molar-refractivity contribution in [2.24, 2.45) is 0 Å². The van der Waals surface area contributed by atoms with E-state index in [9.17, 15) is 19.7 Å². The molecular weight excluding hydrogens is 416 g/mol. The lowest BCUT2D eigenvalue weighted by Crippen LogP contribution is -2.34. The second-order valence-corrected chi connectivity index (χ2v) is 7.02. The van der Waals surface area contributed by atoms with Crippen LogP contribution in [0.1, 0.15) is 26.3 Å². The SMILES string of the molecule is Cc1cccc(NC(=O)c2cccc(NC(=S)NC(=O)c3ccc([N+](=O)[O-])cc3)c2)c1. The van der Waals surface area contributed by atoms with E-state index in [1.807, 2.05) is 25.1 Å². The highest BCUT2D eigenvalue weighted by Crippen LogP contribution is 2.15. The van der Waals surface area contributed by atoms with Crippen LogP contribution in [0.25, 0.3) is 0 Å². The average Bonchev–Trinajstić information content (AvgIpc) is 2.74. The van der Waals surface area contributed by atoms with Gasteiger partial charge in [0.1, 0.15) is 0 Å². The zero-order valence-electron chi connectivity index (χ0n) is 16.4.